The number of furan rings is 1. The summed E-state index contributed by atoms with van der Waals surface area (Å²) < 4.78 is 5.79. The molecule has 1 heterocycles. The van der Waals surface area contributed by atoms with Gasteiger partial charge >= 0.3 is 0 Å². The van der Waals surface area contributed by atoms with Crippen LogP contribution in [0.4, 0.5) is 0 Å². The smallest absolute Gasteiger partial charge is 0.122 e. The molecule has 0 aliphatic carbocycles. The van der Waals surface area contributed by atoms with Gasteiger partial charge in [-0.1, -0.05) is 6.92 Å². The maximum atomic E-state index is 6.17. The molecule has 2 N–H and O–H groups in total. The summed E-state index contributed by atoms with van der Waals surface area (Å²) in [6.45, 7) is 9.33. The number of hydrogen-bond acceptors (Lipinski definition) is 4. The van der Waals surface area contributed by atoms with Crippen LogP contribution in [0.5, 0.6) is 0 Å². The van der Waals surface area contributed by atoms with Crippen molar-refractivity contribution < 1.29 is 4.42 Å². The van der Waals surface area contributed by atoms with E-state index in [0.717, 1.165) is 37.6 Å². The summed E-state index contributed by atoms with van der Waals surface area (Å²) >= 11 is 0. The molecule has 0 aliphatic heterocycles. The van der Waals surface area contributed by atoms with Gasteiger partial charge in [0.05, 0.1) is 6.04 Å². The third-order valence-corrected chi connectivity index (χ3v) is 3.40. The van der Waals surface area contributed by atoms with Crippen LogP contribution in [0.15, 0.2) is 16.5 Å². The van der Waals surface area contributed by atoms with E-state index in [-0.39, 0.29) is 12.1 Å². The summed E-state index contributed by atoms with van der Waals surface area (Å²) in [7, 11) is 4.21. The van der Waals surface area contributed by atoms with Gasteiger partial charge in [-0.05, 0) is 59.6 Å². The van der Waals surface area contributed by atoms with Crippen LogP contribution < -0.4 is 5.73 Å². The van der Waals surface area contributed by atoms with E-state index < -0.39 is 0 Å². The minimum atomic E-state index is 0.0601. The van der Waals surface area contributed by atoms with Crippen LogP contribution >= 0.6 is 0 Å². The van der Waals surface area contributed by atoms with Crippen molar-refractivity contribution >= 4 is 0 Å². The first-order valence-corrected chi connectivity index (χ1v) is 7.16. The fraction of sp³-hybridized carbons (Fsp3) is 0.733. The van der Waals surface area contributed by atoms with E-state index in [1.54, 1.807) is 0 Å². The Hall–Kier alpha value is -0.840. The predicted octanol–water partition coefficient (Wildman–Crippen LogP) is 2.25. The van der Waals surface area contributed by atoms with Gasteiger partial charge < -0.3 is 15.1 Å². The summed E-state index contributed by atoms with van der Waals surface area (Å²) in [5.41, 5.74) is 6.17. The number of likely N-dealkylation sites (N-methyl/N-ethyl adjacent to an activating group) is 1. The molecule has 2 unspecified atom stereocenters. The van der Waals surface area contributed by atoms with Crippen molar-refractivity contribution in [1.29, 1.82) is 0 Å². The lowest BCUT2D eigenvalue weighted by molar-refractivity contribution is 0.155. The molecule has 0 aliphatic rings. The highest BCUT2D eigenvalue weighted by molar-refractivity contribution is 5.11. The quantitative estimate of drug-likeness (QED) is 0.784. The van der Waals surface area contributed by atoms with Gasteiger partial charge in [-0.3, -0.25) is 4.90 Å². The molecule has 0 aromatic carbocycles. The van der Waals surface area contributed by atoms with Crippen molar-refractivity contribution in [2.45, 2.75) is 39.3 Å². The molecule has 0 amide bonds. The lowest BCUT2D eigenvalue weighted by Crippen LogP contribution is -2.40. The minimum Gasteiger partial charge on any atom is -0.465 e. The van der Waals surface area contributed by atoms with Gasteiger partial charge in [0.15, 0.2) is 0 Å². The highest BCUT2D eigenvalue weighted by atomic mass is 16.3. The monoisotopic (exact) mass is 267 g/mol. The Kier molecular flexibility index (Phi) is 6.55. The Bertz CT molecular complexity index is 360. The van der Waals surface area contributed by atoms with Crippen molar-refractivity contribution in [2.24, 2.45) is 5.73 Å². The number of nitrogens with zero attached hydrogens (tertiary/aromatic N) is 2. The highest BCUT2D eigenvalue weighted by Crippen LogP contribution is 2.25. The third-order valence-electron chi connectivity index (χ3n) is 3.40. The summed E-state index contributed by atoms with van der Waals surface area (Å²) in [5.74, 6) is 1.93. The van der Waals surface area contributed by atoms with Crippen molar-refractivity contribution in [3.05, 3.63) is 23.7 Å². The summed E-state index contributed by atoms with van der Waals surface area (Å²) in [4.78, 5) is 4.62. The summed E-state index contributed by atoms with van der Waals surface area (Å²) in [6.07, 6.45) is 1.14. The van der Waals surface area contributed by atoms with Gasteiger partial charge in [-0.15, -0.1) is 0 Å². The Morgan fingerprint density at radius 1 is 1.26 bits per heavy atom. The molecule has 2 atom stereocenters. The molecule has 19 heavy (non-hydrogen) atoms. The average molecular weight is 267 g/mol. The number of hydrogen-bond donors (Lipinski definition) is 1. The molecule has 4 heteroatoms. The zero-order valence-electron chi connectivity index (χ0n) is 13.0. The van der Waals surface area contributed by atoms with Crippen molar-refractivity contribution in [3.8, 4) is 0 Å². The van der Waals surface area contributed by atoms with Crippen LogP contribution in [0.3, 0.4) is 0 Å². The lowest BCUT2D eigenvalue weighted by atomic mass is 10.1. The fourth-order valence-corrected chi connectivity index (χ4v) is 2.47. The highest BCUT2D eigenvalue weighted by Gasteiger charge is 2.25. The minimum absolute atomic E-state index is 0.0601. The van der Waals surface area contributed by atoms with Crippen LogP contribution in [0, 0.1) is 6.92 Å². The van der Waals surface area contributed by atoms with Crippen molar-refractivity contribution in [3.63, 3.8) is 0 Å². The molecule has 4 nitrogen and oxygen atoms in total. The number of rotatable bonds is 8. The molecule has 0 saturated carbocycles. The average Bonchev–Trinajstić information content (AvgIpc) is 2.73. The standard InChI is InChI=1S/C15H29N3O/c1-6-18(11-7-10-17(4)5)15(13(3)16)14-9-8-12(2)19-14/h8-9,13,15H,6-7,10-11,16H2,1-5H3. The van der Waals surface area contributed by atoms with Crippen LogP contribution in [0.2, 0.25) is 0 Å². The second-order valence-electron chi connectivity index (χ2n) is 5.54. The largest absolute Gasteiger partial charge is 0.465 e. The van der Waals surface area contributed by atoms with E-state index in [4.69, 9.17) is 10.2 Å². The third kappa shape index (κ3) is 4.97. The zero-order valence-corrected chi connectivity index (χ0v) is 13.0. The van der Waals surface area contributed by atoms with Gasteiger partial charge in [0.1, 0.15) is 11.5 Å². The lowest BCUT2D eigenvalue weighted by Gasteiger charge is -2.32. The zero-order chi connectivity index (χ0) is 14.4. The second kappa shape index (κ2) is 7.68. The van der Waals surface area contributed by atoms with Gasteiger partial charge in [-0.25, -0.2) is 0 Å². The van der Waals surface area contributed by atoms with E-state index in [1.165, 1.54) is 0 Å². The van der Waals surface area contributed by atoms with Gasteiger partial charge in [0.2, 0.25) is 0 Å². The SMILES string of the molecule is CCN(CCCN(C)C)C(c1ccc(C)o1)C(C)N. The van der Waals surface area contributed by atoms with Crippen LogP contribution in [-0.4, -0.2) is 49.6 Å². The Morgan fingerprint density at radius 2 is 1.95 bits per heavy atom. The number of nitrogens with two attached hydrogens (primary N) is 1. The maximum absolute atomic E-state index is 6.17. The van der Waals surface area contributed by atoms with Crippen molar-refractivity contribution in [1.82, 2.24) is 9.80 Å². The first-order valence-electron chi connectivity index (χ1n) is 7.16. The van der Waals surface area contributed by atoms with E-state index >= 15 is 0 Å². The normalized spacial score (nSPS) is 15.2. The first kappa shape index (κ1) is 16.2. The molecule has 0 radical (unpaired) electrons. The maximum Gasteiger partial charge on any atom is 0.122 e. The van der Waals surface area contributed by atoms with E-state index in [2.05, 4.69) is 43.8 Å². The van der Waals surface area contributed by atoms with E-state index in [9.17, 15) is 0 Å². The summed E-state index contributed by atoms with van der Waals surface area (Å²) in [5, 5.41) is 0. The van der Waals surface area contributed by atoms with Gasteiger partial charge in [0.25, 0.3) is 0 Å². The Morgan fingerprint density at radius 3 is 2.37 bits per heavy atom. The number of aryl methyl sites for hydroxylation is 1. The molecule has 0 bridgehead atoms. The predicted molar refractivity (Wildman–Crippen MR) is 80.3 cm³/mol. The molecular formula is C15H29N3O. The van der Waals surface area contributed by atoms with Crippen LogP contribution in [0.25, 0.3) is 0 Å². The van der Waals surface area contributed by atoms with Gasteiger partial charge in [0, 0.05) is 12.6 Å². The van der Waals surface area contributed by atoms with Crippen LogP contribution in [-0.2, 0) is 0 Å². The van der Waals surface area contributed by atoms with E-state index in [0.29, 0.717) is 0 Å². The van der Waals surface area contributed by atoms with Crippen LogP contribution in [0.1, 0.15) is 37.8 Å². The van der Waals surface area contributed by atoms with Crippen molar-refractivity contribution in [2.75, 3.05) is 33.7 Å². The Labute approximate surface area is 117 Å². The Balaban J connectivity index is 2.72. The molecule has 1 rings (SSSR count). The fourth-order valence-electron chi connectivity index (χ4n) is 2.47. The molecular weight excluding hydrogens is 238 g/mol. The first-order chi connectivity index (χ1) is 8.95. The summed E-state index contributed by atoms with van der Waals surface area (Å²) in [6, 6.07) is 4.29. The topological polar surface area (TPSA) is 45.6 Å². The molecule has 110 valence electrons. The molecule has 0 spiro atoms. The molecule has 1 aromatic heterocycles. The molecule has 1 aromatic rings. The van der Waals surface area contributed by atoms with E-state index in [1.807, 2.05) is 13.0 Å². The van der Waals surface area contributed by atoms with Gasteiger partial charge in [-0.2, -0.15) is 0 Å². The second-order valence-corrected chi connectivity index (χ2v) is 5.54. The molecule has 0 fully saturated rings. The molecule has 0 saturated heterocycles.